The summed E-state index contributed by atoms with van der Waals surface area (Å²) in [5.41, 5.74) is -0.451. The van der Waals surface area contributed by atoms with Gasteiger partial charge in [-0.2, -0.15) is 0 Å². The van der Waals surface area contributed by atoms with Gasteiger partial charge in [-0.1, -0.05) is 46.5 Å². The second-order valence-corrected chi connectivity index (χ2v) is 5.70. The monoisotopic (exact) mass is 242 g/mol. The van der Waals surface area contributed by atoms with E-state index in [4.69, 9.17) is 4.74 Å². The van der Waals surface area contributed by atoms with E-state index >= 15 is 0 Å². The second-order valence-electron chi connectivity index (χ2n) is 5.70. The molecule has 0 bridgehead atoms. The third-order valence-corrected chi connectivity index (χ3v) is 4.20. The van der Waals surface area contributed by atoms with Crippen LogP contribution in [0.2, 0.25) is 0 Å². The molecule has 1 fully saturated rings. The third kappa shape index (κ3) is 4.97. The molecule has 2 heteroatoms. The summed E-state index contributed by atoms with van der Waals surface area (Å²) in [7, 11) is 0. The molecule has 0 aliphatic carbocycles. The molecule has 0 spiro atoms. The van der Waals surface area contributed by atoms with Crippen LogP contribution in [0.3, 0.4) is 0 Å². The van der Waals surface area contributed by atoms with Crippen molar-refractivity contribution in [3.8, 4) is 0 Å². The number of unbranched alkanes of at least 4 members (excludes halogenated alkanes) is 1. The van der Waals surface area contributed by atoms with E-state index in [0.29, 0.717) is 5.92 Å². The molecule has 3 atom stereocenters. The van der Waals surface area contributed by atoms with Crippen LogP contribution in [0, 0.1) is 5.92 Å². The maximum absolute atomic E-state index is 10.7. The molecule has 102 valence electrons. The molecule has 1 N–H and O–H groups in total. The Morgan fingerprint density at radius 1 is 1.35 bits per heavy atom. The molecule has 0 radical (unpaired) electrons. The largest absolute Gasteiger partial charge is 0.390 e. The molecular weight excluding hydrogens is 212 g/mol. The molecule has 0 amide bonds. The minimum Gasteiger partial charge on any atom is -0.390 e. The van der Waals surface area contributed by atoms with Crippen molar-refractivity contribution in [2.45, 2.75) is 83.8 Å². The first-order chi connectivity index (χ1) is 8.13. The van der Waals surface area contributed by atoms with E-state index in [1.165, 1.54) is 25.7 Å². The molecule has 0 aromatic heterocycles. The number of rotatable bonds is 7. The van der Waals surface area contributed by atoms with Crippen molar-refractivity contribution in [1.82, 2.24) is 0 Å². The highest BCUT2D eigenvalue weighted by molar-refractivity contribution is 4.87. The van der Waals surface area contributed by atoms with E-state index in [1.54, 1.807) is 0 Å². The van der Waals surface area contributed by atoms with Crippen molar-refractivity contribution in [1.29, 1.82) is 0 Å². The van der Waals surface area contributed by atoms with Gasteiger partial charge in [0.05, 0.1) is 11.7 Å². The van der Waals surface area contributed by atoms with Crippen molar-refractivity contribution in [2.75, 3.05) is 6.61 Å². The summed E-state index contributed by atoms with van der Waals surface area (Å²) >= 11 is 0. The minimum atomic E-state index is -0.451. The first-order valence-electron chi connectivity index (χ1n) is 7.47. The molecule has 1 saturated heterocycles. The Bertz CT molecular complexity index is 205. The topological polar surface area (TPSA) is 29.5 Å². The zero-order chi connectivity index (χ0) is 12.7. The zero-order valence-corrected chi connectivity index (χ0v) is 11.9. The Balaban J connectivity index is 2.45. The average molecular weight is 242 g/mol. The van der Waals surface area contributed by atoms with Gasteiger partial charge < -0.3 is 9.84 Å². The predicted molar refractivity (Wildman–Crippen MR) is 72.1 cm³/mol. The van der Waals surface area contributed by atoms with E-state index in [1.807, 2.05) is 0 Å². The van der Waals surface area contributed by atoms with Crippen LogP contribution in [-0.4, -0.2) is 23.4 Å². The van der Waals surface area contributed by atoms with E-state index in [9.17, 15) is 5.11 Å². The maximum Gasteiger partial charge on any atom is 0.0697 e. The van der Waals surface area contributed by atoms with Gasteiger partial charge in [-0.15, -0.1) is 0 Å². The van der Waals surface area contributed by atoms with Crippen LogP contribution in [0.4, 0.5) is 0 Å². The summed E-state index contributed by atoms with van der Waals surface area (Å²) in [6.07, 6.45) is 8.96. The summed E-state index contributed by atoms with van der Waals surface area (Å²) in [6.45, 7) is 7.37. The maximum atomic E-state index is 10.7. The normalized spacial score (nSPS) is 31.4. The van der Waals surface area contributed by atoms with Crippen LogP contribution >= 0.6 is 0 Å². The molecule has 0 saturated carbocycles. The lowest BCUT2D eigenvalue weighted by Gasteiger charge is -2.38. The highest BCUT2D eigenvalue weighted by Crippen LogP contribution is 2.34. The standard InChI is InChI=1S/C15H30O2/c1-4-7-8-13(5-2)11-15(16)9-10-17-14(6-3)12-15/h13-14,16H,4-12H2,1-3H3. The first-order valence-corrected chi connectivity index (χ1v) is 7.47. The van der Waals surface area contributed by atoms with Gasteiger partial charge in [0.1, 0.15) is 0 Å². The van der Waals surface area contributed by atoms with Crippen molar-refractivity contribution < 1.29 is 9.84 Å². The predicted octanol–water partition coefficient (Wildman–Crippen LogP) is 3.91. The summed E-state index contributed by atoms with van der Waals surface area (Å²) in [5.74, 6) is 0.690. The van der Waals surface area contributed by atoms with Crippen molar-refractivity contribution >= 4 is 0 Å². The van der Waals surface area contributed by atoms with Crippen LogP contribution < -0.4 is 0 Å². The summed E-state index contributed by atoms with van der Waals surface area (Å²) in [6, 6.07) is 0. The molecule has 0 aromatic carbocycles. The third-order valence-electron chi connectivity index (χ3n) is 4.20. The Hall–Kier alpha value is -0.0800. The van der Waals surface area contributed by atoms with Gasteiger partial charge in [0.15, 0.2) is 0 Å². The lowest BCUT2D eigenvalue weighted by Crippen LogP contribution is -2.42. The fourth-order valence-electron chi connectivity index (χ4n) is 2.93. The highest BCUT2D eigenvalue weighted by atomic mass is 16.5. The van der Waals surface area contributed by atoms with Crippen LogP contribution in [0.15, 0.2) is 0 Å². The molecule has 1 aliphatic heterocycles. The summed E-state index contributed by atoms with van der Waals surface area (Å²) < 4.78 is 5.66. The van der Waals surface area contributed by atoms with Crippen LogP contribution in [0.1, 0.15) is 72.1 Å². The Labute approximate surface area is 107 Å². The molecule has 0 aromatic rings. The van der Waals surface area contributed by atoms with E-state index in [2.05, 4.69) is 20.8 Å². The summed E-state index contributed by atoms with van der Waals surface area (Å²) in [5, 5.41) is 10.7. The second kappa shape index (κ2) is 7.38. The Morgan fingerprint density at radius 3 is 2.71 bits per heavy atom. The molecule has 17 heavy (non-hydrogen) atoms. The number of hydrogen-bond acceptors (Lipinski definition) is 2. The number of aliphatic hydroxyl groups is 1. The fraction of sp³-hybridized carbons (Fsp3) is 1.00. The SMILES string of the molecule is CCCCC(CC)CC1(O)CCOC(CC)C1. The Kier molecular flexibility index (Phi) is 6.50. The van der Waals surface area contributed by atoms with E-state index in [-0.39, 0.29) is 6.10 Å². The van der Waals surface area contributed by atoms with Gasteiger partial charge in [-0.3, -0.25) is 0 Å². The van der Waals surface area contributed by atoms with Crippen molar-refractivity contribution in [3.63, 3.8) is 0 Å². The quantitative estimate of drug-likeness (QED) is 0.733. The molecule has 1 rings (SSSR count). The molecule has 3 unspecified atom stereocenters. The van der Waals surface area contributed by atoms with E-state index in [0.717, 1.165) is 32.3 Å². The highest BCUT2D eigenvalue weighted by Gasteiger charge is 2.35. The fourth-order valence-corrected chi connectivity index (χ4v) is 2.93. The van der Waals surface area contributed by atoms with Gasteiger partial charge in [-0.25, -0.2) is 0 Å². The zero-order valence-electron chi connectivity index (χ0n) is 11.9. The van der Waals surface area contributed by atoms with E-state index < -0.39 is 5.60 Å². The van der Waals surface area contributed by atoms with Crippen LogP contribution in [-0.2, 0) is 4.74 Å². The van der Waals surface area contributed by atoms with Gasteiger partial charge in [0.25, 0.3) is 0 Å². The lowest BCUT2D eigenvalue weighted by molar-refractivity contribution is -0.114. The smallest absolute Gasteiger partial charge is 0.0697 e. The minimum absolute atomic E-state index is 0.275. The van der Waals surface area contributed by atoms with Gasteiger partial charge in [0.2, 0.25) is 0 Å². The number of ether oxygens (including phenoxy) is 1. The molecule has 1 aliphatic rings. The van der Waals surface area contributed by atoms with Crippen molar-refractivity contribution in [3.05, 3.63) is 0 Å². The molecule has 2 nitrogen and oxygen atoms in total. The van der Waals surface area contributed by atoms with Crippen molar-refractivity contribution in [2.24, 2.45) is 5.92 Å². The van der Waals surface area contributed by atoms with Crippen LogP contribution in [0.5, 0.6) is 0 Å². The first kappa shape index (κ1) is 15.0. The average Bonchev–Trinajstić information content (AvgIpc) is 2.34. The van der Waals surface area contributed by atoms with Crippen LogP contribution in [0.25, 0.3) is 0 Å². The van der Waals surface area contributed by atoms with Gasteiger partial charge in [-0.05, 0) is 25.2 Å². The molecular formula is C15H30O2. The van der Waals surface area contributed by atoms with Gasteiger partial charge in [0, 0.05) is 13.0 Å². The summed E-state index contributed by atoms with van der Waals surface area (Å²) in [4.78, 5) is 0. The number of hydrogen-bond donors (Lipinski definition) is 1. The van der Waals surface area contributed by atoms with Gasteiger partial charge >= 0.3 is 0 Å². The lowest BCUT2D eigenvalue weighted by atomic mass is 9.79. The Morgan fingerprint density at radius 2 is 2.12 bits per heavy atom. The molecule has 1 heterocycles.